The fraction of sp³-hybridized carbons (Fsp3) is 0.455. The Bertz CT molecular complexity index is 358. The molecule has 1 heterocycles. The SMILES string of the molecule is CC(O)c1ccc2c(c1)OC(C)(C)S2. The first-order chi connectivity index (χ1) is 6.48. The van der Waals surface area contributed by atoms with E-state index in [2.05, 4.69) is 0 Å². The van der Waals surface area contributed by atoms with Gasteiger partial charge >= 0.3 is 0 Å². The zero-order valence-electron chi connectivity index (χ0n) is 8.57. The molecular weight excluding hydrogens is 196 g/mol. The fourth-order valence-corrected chi connectivity index (χ4v) is 2.50. The van der Waals surface area contributed by atoms with Crippen LogP contribution in [-0.2, 0) is 0 Å². The van der Waals surface area contributed by atoms with Crippen molar-refractivity contribution in [1.82, 2.24) is 0 Å². The Kier molecular flexibility index (Phi) is 2.24. The number of rotatable bonds is 1. The summed E-state index contributed by atoms with van der Waals surface area (Å²) < 4.78 is 5.74. The highest BCUT2D eigenvalue weighted by molar-refractivity contribution is 8.00. The summed E-state index contributed by atoms with van der Waals surface area (Å²) in [6, 6.07) is 5.87. The van der Waals surface area contributed by atoms with Gasteiger partial charge in [-0.05, 0) is 38.5 Å². The van der Waals surface area contributed by atoms with Crippen molar-refractivity contribution >= 4 is 11.8 Å². The van der Waals surface area contributed by atoms with Crippen molar-refractivity contribution in [2.24, 2.45) is 0 Å². The molecule has 1 aliphatic heterocycles. The molecule has 2 nitrogen and oxygen atoms in total. The summed E-state index contributed by atoms with van der Waals surface area (Å²) in [6.07, 6.45) is -0.433. The number of aliphatic hydroxyl groups is 1. The highest BCUT2D eigenvalue weighted by Crippen LogP contribution is 2.47. The summed E-state index contributed by atoms with van der Waals surface area (Å²) in [6.45, 7) is 5.84. The van der Waals surface area contributed by atoms with E-state index in [1.54, 1.807) is 18.7 Å². The maximum absolute atomic E-state index is 9.42. The van der Waals surface area contributed by atoms with Gasteiger partial charge in [-0.3, -0.25) is 0 Å². The summed E-state index contributed by atoms with van der Waals surface area (Å²) in [4.78, 5) is 0.971. The third-order valence-electron chi connectivity index (χ3n) is 2.16. The minimum Gasteiger partial charge on any atom is -0.476 e. The van der Waals surface area contributed by atoms with Crippen molar-refractivity contribution in [3.8, 4) is 5.75 Å². The van der Waals surface area contributed by atoms with E-state index in [1.165, 1.54) is 0 Å². The lowest BCUT2D eigenvalue weighted by Crippen LogP contribution is -2.18. The van der Waals surface area contributed by atoms with Gasteiger partial charge in [0, 0.05) is 0 Å². The molecule has 14 heavy (non-hydrogen) atoms. The van der Waals surface area contributed by atoms with E-state index in [0.717, 1.165) is 16.2 Å². The molecule has 0 bridgehead atoms. The molecule has 0 saturated heterocycles. The van der Waals surface area contributed by atoms with E-state index in [-0.39, 0.29) is 4.93 Å². The zero-order valence-corrected chi connectivity index (χ0v) is 9.39. The first-order valence-corrected chi connectivity index (χ1v) is 5.50. The van der Waals surface area contributed by atoms with Crippen molar-refractivity contribution in [2.45, 2.75) is 36.7 Å². The lowest BCUT2D eigenvalue weighted by atomic mass is 10.1. The van der Waals surface area contributed by atoms with Gasteiger partial charge in [0.15, 0.2) is 4.93 Å². The Morgan fingerprint density at radius 2 is 2.14 bits per heavy atom. The lowest BCUT2D eigenvalue weighted by Gasteiger charge is -2.15. The van der Waals surface area contributed by atoms with Crippen molar-refractivity contribution in [2.75, 3.05) is 0 Å². The summed E-state index contributed by atoms with van der Waals surface area (Å²) >= 11 is 1.71. The summed E-state index contributed by atoms with van der Waals surface area (Å²) in [5, 5.41) is 9.42. The number of hydrogen-bond acceptors (Lipinski definition) is 3. The van der Waals surface area contributed by atoms with E-state index < -0.39 is 6.10 Å². The topological polar surface area (TPSA) is 29.5 Å². The van der Waals surface area contributed by atoms with Crippen LogP contribution in [0, 0.1) is 0 Å². The van der Waals surface area contributed by atoms with E-state index in [1.807, 2.05) is 32.0 Å². The molecule has 1 aliphatic rings. The van der Waals surface area contributed by atoms with Gasteiger partial charge in [0.2, 0.25) is 0 Å². The molecule has 1 N–H and O–H groups in total. The number of benzene rings is 1. The van der Waals surface area contributed by atoms with Gasteiger partial charge in [0.05, 0.1) is 11.0 Å². The Balaban J connectivity index is 2.36. The third kappa shape index (κ3) is 1.74. The molecule has 0 amide bonds. The molecule has 0 saturated carbocycles. The van der Waals surface area contributed by atoms with E-state index >= 15 is 0 Å². The first-order valence-electron chi connectivity index (χ1n) is 4.68. The fourth-order valence-electron chi connectivity index (χ4n) is 1.50. The number of thioether (sulfide) groups is 1. The van der Waals surface area contributed by atoms with Crippen LogP contribution in [0.25, 0.3) is 0 Å². The molecule has 3 heteroatoms. The Labute approximate surface area is 88.3 Å². The Hall–Kier alpha value is -0.670. The van der Waals surface area contributed by atoms with E-state index in [4.69, 9.17) is 4.74 Å². The number of aliphatic hydroxyl groups excluding tert-OH is 1. The van der Waals surface area contributed by atoms with Gasteiger partial charge in [-0.2, -0.15) is 0 Å². The maximum atomic E-state index is 9.42. The monoisotopic (exact) mass is 210 g/mol. The van der Waals surface area contributed by atoms with Crippen LogP contribution in [0.5, 0.6) is 5.75 Å². The molecule has 1 atom stereocenters. The standard InChI is InChI=1S/C11H14O2S/c1-7(12)8-4-5-10-9(6-8)13-11(2,3)14-10/h4-7,12H,1-3H3. The predicted octanol–water partition coefficient (Wildman–Crippen LogP) is 2.96. The van der Waals surface area contributed by atoms with Crippen LogP contribution in [0.4, 0.5) is 0 Å². The quantitative estimate of drug-likeness (QED) is 0.772. The van der Waals surface area contributed by atoms with Crippen molar-refractivity contribution in [1.29, 1.82) is 0 Å². The number of ether oxygens (including phenoxy) is 1. The third-order valence-corrected chi connectivity index (χ3v) is 3.29. The van der Waals surface area contributed by atoms with Crippen molar-refractivity contribution in [3.05, 3.63) is 23.8 Å². The summed E-state index contributed by atoms with van der Waals surface area (Å²) in [5.74, 6) is 0.887. The Morgan fingerprint density at radius 3 is 2.79 bits per heavy atom. The molecule has 0 spiro atoms. The van der Waals surface area contributed by atoms with Gasteiger partial charge in [-0.25, -0.2) is 0 Å². The van der Waals surface area contributed by atoms with Gasteiger partial charge < -0.3 is 9.84 Å². The minimum absolute atomic E-state index is 0.181. The Morgan fingerprint density at radius 1 is 1.43 bits per heavy atom. The average Bonchev–Trinajstić information content (AvgIpc) is 2.36. The van der Waals surface area contributed by atoms with Crippen LogP contribution in [-0.4, -0.2) is 10.0 Å². The molecule has 0 radical (unpaired) electrons. The molecule has 2 rings (SSSR count). The van der Waals surface area contributed by atoms with Crippen LogP contribution in [0.1, 0.15) is 32.4 Å². The van der Waals surface area contributed by atoms with Crippen LogP contribution >= 0.6 is 11.8 Å². The maximum Gasteiger partial charge on any atom is 0.153 e. The molecule has 0 aromatic heterocycles. The van der Waals surface area contributed by atoms with E-state index in [0.29, 0.717) is 0 Å². The van der Waals surface area contributed by atoms with Crippen molar-refractivity contribution in [3.63, 3.8) is 0 Å². The lowest BCUT2D eigenvalue weighted by molar-refractivity contribution is 0.194. The van der Waals surface area contributed by atoms with Gasteiger partial charge in [-0.1, -0.05) is 17.8 Å². The molecule has 76 valence electrons. The summed E-state index contributed by atoms with van der Waals surface area (Å²) in [5.41, 5.74) is 0.905. The molecule has 0 aliphatic carbocycles. The second-order valence-corrected chi connectivity index (χ2v) is 5.61. The van der Waals surface area contributed by atoms with Gasteiger partial charge in [0.25, 0.3) is 0 Å². The first kappa shape index (κ1) is 9.87. The second-order valence-electron chi connectivity index (χ2n) is 3.99. The van der Waals surface area contributed by atoms with Crippen LogP contribution in [0.3, 0.4) is 0 Å². The molecule has 0 fully saturated rings. The number of hydrogen-bond donors (Lipinski definition) is 1. The normalized spacial score (nSPS) is 20.0. The smallest absolute Gasteiger partial charge is 0.153 e. The van der Waals surface area contributed by atoms with Crippen LogP contribution < -0.4 is 4.74 Å². The van der Waals surface area contributed by atoms with Gasteiger partial charge in [0.1, 0.15) is 5.75 Å². The highest BCUT2D eigenvalue weighted by atomic mass is 32.2. The zero-order chi connectivity index (χ0) is 10.3. The highest BCUT2D eigenvalue weighted by Gasteiger charge is 2.31. The summed E-state index contributed by atoms with van der Waals surface area (Å²) in [7, 11) is 0. The molecule has 1 aromatic carbocycles. The van der Waals surface area contributed by atoms with Crippen molar-refractivity contribution < 1.29 is 9.84 Å². The van der Waals surface area contributed by atoms with Crippen LogP contribution in [0.2, 0.25) is 0 Å². The largest absolute Gasteiger partial charge is 0.476 e. The van der Waals surface area contributed by atoms with E-state index in [9.17, 15) is 5.11 Å². The average molecular weight is 210 g/mol. The minimum atomic E-state index is -0.433. The second kappa shape index (κ2) is 3.17. The van der Waals surface area contributed by atoms with Gasteiger partial charge in [-0.15, -0.1) is 0 Å². The van der Waals surface area contributed by atoms with Crippen LogP contribution in [0.15, 0.2) is 23.1 Å². The number of fused-ring (bicyclic) bond motifs is 1. The predicted molar refractivity (Wildman–Crippen MR) is 57.6 cm³/mol. The molecular formula is C11H14O2S. The molecule has 1 unspecified atom stereocenters. The molecule has 1 aromatic rings.